The Labute approximate surface area is 116 Å². The summed E-state index contributed by atoms with van der Waals surface area (Å²) in [7, 11) is 0. The molecule has 3 heteroatoms. The summed E-state index contributed by atoms with van der Waals surface area (Å²) in [6.45, 7) is 10.2. The first-order valence-corrected chi connectivity index (χ1v) is 7.07. The first-order chi connectivity index (χ1) is 8.93. The third-order valence-electron chi connectivity index (χ3n) is 3.44. The molecular formula is C16H26N2O. The van der Waals surface area contributed by atoms with E-state index in [4.69, 9.17) is 0 Å². The van der Waals surface area contributed by atoms with E-state index in [0.717, 1.165) is 6.42 Å². The zero-order valence-corrected chi connectivity index (χ0v) is 12.7. The molecule has 0 bridgehead atoms. The van der Waals surface area contributed by atoms with Gasteiger partial charge >= 0.3 is 0 Å². The lowest BCUT2D eigenvalue weighted by Gasteiger charge is -2.22. The van der Waals surface area contributed by atoms with E-state index >= 15 is 0 Å². The van der Waals surface area contributed by atoms with Gasteiger partial charge < -0.3 is 5.32 Å². The van der Waals surface area contributed by atoms with Gasteiger partial charge in [0.25, 0.3) is 0 Å². The van der Waals surface area contributed by atoms with Gasteiger partial charge in [0.15, 0.2) is 0 Å². The lowest BCUT2D eigenvalue weighted by atomic mass is 10.0. The number of aryl methyl sites for hydroxylation is 1. The average Bonchev–Trinajstić information content (AvgIpc) is 2.38. The molecule has 19 heavy (non-hydrogen) atoms. The molecule has 1 rings (SSSR count). The molecule has 1 aromatic rings. The number of hydrogen-bond donors (Lipinski definition) is 2. The van der Waals surface area contributed by atoms with Crippen LogP contribution in [0.25, 0.3) is 0 Å². The van der Waals surface area contributed by atoms with Gasteiger partial charge in [-0.15, -0.1) is 0 Å². The van der Waals surface area contributed by atoms with Crippen LogP contribution < -0.4 is 10.6 Å². The Morgan fingerprint density at radius 1 is 1.26 bits per heavy atom. The normalized spacial score (nSPS) is 15.6. The van der Waals surface area contributed by atoms with Gasteiger partial charge in [-0.2, -0.15) is 0 Å². The first kappa shape index (κ1) is 15.7. The van der Waals surface area contributed by atoms with Gasteiger partial charge in [0, 0.05) is 12.1 Å². The molecule has 3 atom stereocenters. The van der Waals surface area contributed by atoms with Crippen molar-refractivity contribution in [3.63, 3.8) is 0 Å². The SMILES string of the molecule is CCC(C)NC(=O)C(C)N[C@H](C)c1cccc(C)c1. The van der Waals surface area contributed by atoms with Crippen LogP contribution in [0.5, 0.6) is 0 Å². The average molecular weight is 262 g/mol. The minimum atomic E-state index is -0.190. The van der Waals surface area contributed by atoms with Crippen molar-refractivity contribution in [2.24, 2.45) is 0 Å². The molecule has 0 radical (unpaired) electrons. The monoisotopic (exact) mass is 262 g/mol. The Balaban J connectivity index is 2.56. The Hall–Kier alpha value is -1.35. The minimum absolute atomic E-state index is 0.0638. The van der Waals surface area contributed by atoms with E-state index in [1.807, 2.05) is 19.9 Å². The second-order valence-electron chi connectivity index (χ2n) is 5.34. The summed E-state index contributed by atoms with van der Waals surface area (Å²) in [5.41, 5.74) is 2.45. The Morgan fingerprint density at radius 2 is 1.95 bits per heavy atom. The van der Waals surface area contributed by atoms with Gasteiger partial charge in [-0.1, -0.05) is 36.8 Å². The summed E-state index contributed by atoms with van der Waals surface area (Å²) in [4.78, 5) is 12.0. The van der Waals surface area contributed by atoms with E-state index in [1.165, 1.54) is 11.1 Å². The molecule has 2 N–H and O–H groups in total. The molecule has 1 aromatic carbocycles. The van der Waals surface area contributed by atoms with Crippen LogP contribution in [0.1, 0.15) is 51.3 Å². The van der Waals surface area contributed by atoms with Gasteiger partial charge in [0.2, 0.25) is 5.91 Å². The Morgan fingerprint density at radius 3 is 2.53 bits per heavy atom. The number of hydrogen-bond acceptors (Lipinski definition) is 2. The van der Waals surface area contributed by atoms with Crippen molar-refractivity contribution in [3.05, 3.63) is 35.4 Å². The summed E-state index contributed by atoms with van der Waals surface area (Å²) in [5, 5.41) is 6.34. The summed E-state index contributed by atoms with van der Waals surface area (Å²) >= 11 is 0. The van der Waals surface area contributed by atoms with Crippen LogP contribution in [0.4, 0.5) is 0 Å². The second kappa shape index (κ2) is 7.29. The van der Waals surface area contributed by atoms with Gasteiger partial charge in [-0.25, -0.2) is 0 Å². The van der Waals surface area contributed by atoms with Crippen molar-refractivity contribution in [2.45, 2.75) is 59.2 Å². The number of carbonyl (C=O) groups excluding carboxylic acids is 1. The summed E-state index contributed by atoms with van der Waals surface area (Å²) in [5.74, 6) is 0.0638. The van der Waals surface area contributed by atoms with Gasteiger partial charge in [0.05, 0.1) is 6.04 Å². The molecule has 0 spiro atoms. The van der Waals surface area contributed by atoms with Crippen LogP contribution in [-0.4, -0.2) is 18.0 Å². The standard InChI is InChI=1S/C16H26N2O/c1-6-12(3)17-16(19)14(5)18-13(4)15-9-7-8-11(2)10-15/h7-10,12-14,18H,6H2,1-5H3,(H,17,19)/t12?,13-,14?/m1/s1. The highest BCUT2D eigenvalue weighted by molar-refractivity contribution is 5.81. The molecule has 0 aliphatic rings. The highest BCUT2D eigenvalue weighted by Gasteiger charge is 2.17. The molecule has 106 valence electrons. The van der Waals surface area contributed by atoms with Crippen LogP contribution in [0.3, 0.4) is 0 Å². The first-order valence-electron chi connectivity index (χ1n) is 7.07. The van der Waals surface area contributed by atoms with Crippen molar-refractivity contribution in [1.29, 1.82) is 0 Å². The van der Waals surface area contributed by atoms with Crippen molar-refractivity contribution in [1.82, 2.24) is 10.6 Å². The van der Waals surface area contributed by atoms with Crippen molar-refractivity contribution < 1.29 is 4.79 Å². The predicted molar refractivity (Wildman–Crippen MR) is 80.1 cm³/mol. The summed E-state index contributed by atoms with van der Waals surface area (Å²) < 4.78 is 0. The van der Waals surface area contributed by atoms with Crippen molar-refractivity contribution in [3.8, 4) is 0 Å². The van der Waals surface area contributed by atoms with Gasteiger partial charge in [-0.05, 0) is 39.7 Å². The summed E-state index contributed by atoms with van der Waals surface area (Å²) in [6.07, 6.45) is 0.950. The van der Waals surface area contributed by atoms with Crippen LogP contribution in [-0.2, 0) is 4.79 Å². The van der Waals surface area contributed by atoms with Crippen LogP contribution >= 0.6 is 0 Å². The Kier molecular flexibility index (Phi) is 6.03. The fourth-order valence-electron chi connectivity index (χ4n) is 1.96. The van der Waals surface area contributed by atoms with E-state index in [2.05, 4.69) is 49.6 Å². The minimum Gasteiger partial charge on any atom is -0.352 e. The number of carbonyl (C=O) groups is 1. The number of rotatable bonds is 6. The van der Waals surface area contributed by atoms with Crippen LogP contribution in [0.15, 0.2) is 24.3 Å². The molecule has 0 aliphatic carbocycles. The molecular weight excluding hydrogens is 236 g/mol. The van der Waals surface area contributed by atoms with E-state index in [0.29, 0.717) is 0 Å². The number of nitrogens with one attached hydrogen (secondary N) is 2. The van der Waals surface area contributed by atoms with Crippen LogP contribution in [0.2, 0.25) is 0 Å². The molecule has 2 unspecified atom stereocenters. The zero-order chi connectivity index (χ0) is 14.4. The largest absolute Gasteiger partial charge is 0.352 e. The highest BCUT2D eigenvalue weighted by Crippen LogP contribution is 2.14. The van der Waals surface area contributed by atoms with Crippen molar-refractivity contribution in [2.75, 3.05) is 0 Å². The highest BCUT2D eigenvalue weighted by atomic mass is 16.2. The quantitative estimate of drug-likeness (QED) is 0.827. The third kappa shape index (κ3) is 5.03. The molecule has 0 saturated carbocycles. The van der Waals surface area contributed by atoms with E-state index in [-0.39, 0.29) is 24.0 Å². The maximum absolute atomic E-state index is 12.0. The fourth-order valence-corrected chi connectivity index (χ4v) is 1.96. The molecule has 0 saturated heterocycles. The van der Waals surface area contributed by atoms with E-state index in [1.54, 1.807) is 0 Å². The fraction of sp³-hybridized carbons (Fsp3) is 0.562. The molecule has 0 heterocycles. The number of amides is 1. The zero-order valence-electron chi connectivity index (χ0n) is 12.7. The lowest BCUT2D eigenvalue weighted by molar-refractivity contribution is -0.123. The molecule has 3 nitrogen and oxygen atoms in total. The van der Waals surface area contributed by atoms with Crippen molar-refractivity contribution >= 4 is 5.91 Å². The lowest BCUT2D eigenvalue weighted by Crippen LogP contribution is -2.45. The van der Waals surface area contributed by atoms with Gasteiger partial charge in [-0.3, -0.25) is 10.1 Å². The molecule has 1 amide bonds. The van der Waals surface area contributed by atoms with Crippen LogP contribution in [0, 0.1) is 6.92 Å². The van der Waals surface area contributed by atoms with E-state index < -0.39 is 0 Å². The predicted octanol–water partition coefficient (Wildman–Crippen LogP) is 2.95. The topological polar surface area (TPSA) is 41.1 Å². The maximum atomic E-state index is 12.0. The Bertz CT molecular complexity index is 417. The molecule has 0 fully saturated rings. The third-order valence-corrected chi connectivity index (χ3v) is 3.44. The van der Waals surface area contributed by atoms with Gasteiger partial charge in [0.1, 0.15) is 0 Å². The second-order valence-corrected chi connectivity index (χ2v) is 5.34. The smallest absolute Gasteiger partial charge is 0.237 e. The molecule has 0 aromatic heterocycles. The number of benzene rings is 1. The maximum Gasteiger partial charge on any atom is 0.237 e. The summed E-state index contributed by atoms with van der Waals surface area (Å²) in [6, 6.07) is 8.57. The van der Waals surface area contributed by atoms with E-state index in [9.17, 15) is 4.79 Å². The molecule has 0 aliphatic heterocycles.